The fourth-order valence-electron chi connectivity index (χ4n) is 3.48. The first-order valence-corrected chi connectivity index (χ1v) is 11.4. The quantitative estimate of drug-likeness (QED) is 0.240. The van der Waals surface area contributed by atoms with Gasteiger partial charge in [-0.1, -0.05) is 58.0 Å². The summed E-state index contributed by atoms with van der Waals surface area (Å²) in [6.45, 7) is 0. The number of nitrogens with zero attached hydrogens (tertiary/aromatic N) is 4. The molecule has 0 atom stereocenters. The van der Waals surface area contributed by atoms with Crippen molar-refractivity contribution in [2.75, 3.05) is 0 Å². The summed E-state index contributed by atoms with van der Waals surface area (Å²) in [5.41, 5.74) is 1.66. The summed E-state index contributed by atoms with van der Waals surface area (Å²) in [6, 6.07) is 16.8. The van der Waals surface area contributed by atoms with Crippen LogP contribution in [-0.2, 0) is 0 Å². The molecule has 33 heavy (non-hydrogen) atoms. The van der Waals surface area contributed by atoms with Gasteiger partial charge in [0.2, 0.25) is 0 Å². The Morgan fingerprint density at radius 3 is 2.12 bits per heavy atom. The van der Waals surface area contributed by atoms with Gasteiger partial charge in [0, 0.05) is 20.6 Å². The molecule has 2 heterocycles. The zero-order chi connectivity index (χ0) is 23.3. The number of rotatable bonds is 3. The fraction of sp³-hybridized carbons (Fsp3) is 0. The standard InChI is InChI=1S/C23H11Cl5N4O/c24-12-1-5-15(6-2-12)32-21(16-7-3-13(25)9-18(16)28)30-22-20(23(32)33)29-11-31(22)19-10-14(26)4-8-17(19)27/h1-11H. The molecule has 0 aliphatic heterocycles. The molecule has 2 aromatic heterocycles. The maximum absolute atomic E-state index is 13.7. The highest BCUT2D eigenvalue weighted by atomic mass is 35.5. The zero-order valence-corrected chi connectivity index (χ0v) is 20.2. The normalized spacial score (nSPS) is 11.3. The van der Waals surface area contributed by atoms with E-state index in [0.29, 0.717) is 53.5 Å². The number of hydrogen-bond donors (Lipinski definition) is 0. The molecule has 10 heteroatoms. The van der Waals surface area contributed by atoms with Crippen LogP contribution in [0.4, 0.5) is 0 Å². The zero-order valence-electron chi connectivity index (χ0n) is 16.4. The number of fused-ring (bicyclic) bond motifs is 1. The summed E-state index contributed by atoms with van der Waals surface area (Å²) >= 11 is 31.2. The maximum atomic E-state index is 13.7. The Morgan fingerprint density at radius 2 is 1.39 bits per heavy atom. The van der Waals surface area contributed by atoms with Gasteiger partial charge < -0.3 is 0 Å². The van der Waals surface area contributed by atoms with Crippen molar-refractivity contribution in [2.24, 2.45) is 0 Å². The molecule has 0 spiro atoms. The highest BCUT2D eigenvalue weighted by Crippen LogP contribution is 2.32. The lowest BCUT2D eigenvalue weighted by Crippen LogP contribution is -2.22. The second-order valence-corrected chi connectivity index (χ2v) is 9.18. The summed E-state index contributed by atoms with van der Waals surface area (Å²) in [5.74, 6) is 0.302. The van der Waals surface area contributed by atoms with Crippen molar-refractivity contribution >= 4 is 69.2 Å². The van der Waals surface area contributed by atoms with Crippen LogP contribution >= 0.6 is 58.0 Å². The molecule has 0 aliphatic carbocycles. The van der Waals surface area contributed by atoms with Crippen molar-refractivity contribution in [2.45, 2.75) is 0 Å². The van der Waals surface area contributed by atoms with Gasteiger partial charge in [-0.25, -0.2) is 9.97 Å². The Balaban J connectivity index is 1.88. The molecular weight excluding hydrogens is 526 g/mol. The van der Waals surface area contributed by atoms with Gasteiger partial charge in [-0.3, -0.25) is 13.9 Å². The minimum atomic E-state index is -0.389. The molecule has 5 nitrogen and oxygen atoms in total. The van der Waals surface area contributed by atoms with Crippen LogP contribution in [0.1, 0.15) is 0 Å². The number of aromatic nitrogens is 4. The topological polar surface area (TPSA) is 52.7 Å². The van der Waals surface area contributed by atoms with E-state index in [0.717, 1.165) is 0 Å². The van der Waals surface area contributed by atoms with Gasteiger partial charge in [0.05, 0.1) is 21.4 Å². The second kappa shape index (κ2) is 8.67. The van der Waals surface area contributed by atoms with E-state index in [4.69, 9.17) is 63.0 Å². The average molecular weight is 537 g/mol. The lowest BCUT2D eigenvalue weighted by molar-refractivity contribution is 0.962. The summed E-state index contributed by atoms with van der Waals surface area (Å²) in [6.07, 6.45) is 1.48. The molecule has 0 bridgehead atoms. The van der Waals surface area contributed by atoms with E-state index in [1.54, 1.807) is 65.2 Å². The second-order valence-electron chi connectivity index (χ2n) is 7.06. The number of benzene rings is 3. The average Bonchev–Trinajstić information content (AvgIpc) is 3.20. The SMILES string of the molecule is O=c1c2ncn(-c3cc(Cl)ccc3Cl)c2nc(-c2ccc(Cl)cc2Cl)n1-c1ccc(Cl)cc1. The predicted octanol–water partition coefficient (Wildman–Crippen LogP) is 7.51. The molecule has 0 amide bonds. The minimum absolute atomic E-state index is 0.148. The Labute approximate surface area is 212 Å². The number of imidazole rings is 1. The third-order valence-electron chi connectivity index (χ3n) is 5.00. The molecule has 164 valence electrons. The molecule has 5 rings (SSSR count). The van der Waals surface area contributed by atoms with Crippen molar-refractivity contribution in [1.82, 2.24) is 19.1 Å². The van der Waals surface area contributed by atoms with Crippen LogP contribution < -0.4 is 5.56 Å². The summed E-state index contributed by atoms with van der Waals surface area (Å²) < 4.78 is 3.05. The Hall–Kier alpha value is -2.54. The summed E-state index contributed by atoms with van der Waals surface area (Å²) in [5, 5.41) is 2.23. The van der Waals surface area contributed by atoms with Crippen molar-refractivity contribution in [1.29, 1.82) is 0 Å². The minimum Gasteiger partial charge on any atom is -0.282 e. The largest absolute Gasteiger partial charge is 0.286 e. The Bertz CT molecular complexity index is 1590. The fourth-order valence-corrected chi connectivity index (χ4v) is 4.47. The van der Waals surface area contributed by atoms with Crippen LogP contribution in [0.15, 0.2) is 71.8 Å². The lowest BCUT2D eigenvalue weighted by Gasteiger charge is -2.15. The van der Waals surface area contributed by atoms with Gasteiger partial charge in [-0.15, -0.1) is 0 Å². The number of hydrogen-bond acceptors (Lipinski definition) is 3. The molecule has 3 aromatic carbocycles. The molecule has 0 aliphatic rings. The highest BCUT2D eigenvalue weighted by molar-refractivity contribution is 6.36. The van der Waals surface area contributed by atoms with Crippen LogP contribution in [0.25, 0.3) is 33.9 Å². The first kappa shape index (κ1) is 22.3. The maximum Gasteiger partial charge on any atom is 0.286 e. The van der Waals surface area contributed by atoms with Gasteiger partial charge in [-0.05, 0) is 60.7 Å². The van der Waals surface area contributed by atoms with Crippen LogP contribution in [0.2, 0.25) is 25.1 Å². The van der Waals surface area contributed by atoms with Crippen LogP contribution in [0, 0.1) is 0 Å². The molecule has 5 aromatic rings. The highest BCUT2D eigenvalue weighted by Gasteiger charge is 2.21. The van der Waals surface area contributed by atoms with E-state index < -0.39 is 0 Å². The van der Waals surface area contributed by atoms with Crippen molar-refractivity contribution in [3.8, 4) is 22.8 Å². The monoisotopic (exact) mass is 534 g/mol. The summed E-state index contributed by atoms with van der Waals surface area (Å²) in [7, 11) is 0. The molecular formula is C23H11Cl5N4O. The molecule has 0 unspecified atom stereocenters. The van der Waals surface area contributed by atoms with Crippen molar-refractivity contribution in [3.63, 3.8) is 0 Å². The Kier molecular flexibility index (Phi) is 5.85. The van der Waals surface area contributed by atoms with E-state index in [-0.39, 0.29) is 11.1 Å². The van der Waals surface area contributed by atoms with E-state index >= 15 is 0 Å². The van der Waals surface area contributed by atoms with Gasteiger partial charge in [0.1, 0.15) is 6.33 Å². The number of halogens is 5. The summed E-state index contributed by atoms with van der Waals surface area (Å²) in [4.78, 5) is 22.8. The van der Waals surface area contributed by atoms with E-state index in [9.17, 15) is 4.79 Å². The van der Waals surface area contributed by atoms with Gasteiger partial charge >= 0.3 is 0 Å². The lowest BCUT2D eigenvalue weighted by atomic mass is 10.2. The third kappa shape index (κ3) is 4.01. The van der Waals surface area contributed by atoms with E-state index in [1.807, 2.05) is 0 Å². The van der Waals surface area contributed by atoms with E-state index in [2.05, 4.69) is 4.98 Å². The van der Waals surface area contributed by atoms with Crippen LogP contribution in [0.3, 0.4) is 0 Å². The molecule has 0 radical (unpaired) electrons. The Morgan fingerprint density at radius 1 is 0.727 bits per heavy atom. The van der Waals surface area contributed by atoms with Crippen molar-refractivity contribution < 1.29 is 0 Å². The van der Waals surface area contributed by atoms with Gasteiger partial charge in [0.25, 0.3) is 5.56 Å². The van der Waals surface area contributed by atoms with Crippen molar-refractivity contribution in [3.05, 3.63) is 102 Å². The smallest absolute Gasteiger partial charge is 0.282 e. The molecule has 0 saturated heterocycles. The molecule has 0 fully saturated rings. The van der Waals surface area contributed by atoms with Crippen LogP contribution in [0.5, 0.6) is 0 Å². The first-order chi connectivity index (χ1) is 15.8. The third-order valence-corrected chi connectivity index (χ3v) is 6.35. The molecule has 0 N–H and O–H groups in total. The van der Waals surface area contributed by atoms with Gasteiger partial charge in [-0.2, -0.15) is 0 Å². The first-order valence-electron chi connectivity index (χ1n) is 9.50. The van der Waals surface area contributed by atoms with Gasteiger partial charge in [0.15, 0.2) is 17.0 Å². The van der Waals surface area contributed by atoms with Crippen LogP contribution in [-0.4, -0.2) is 19.1 Å². The predicted molar refractivity (Wildman–Crippen MR) is 135 cm³/mol. The van der Waals surface area contributed by atoms with E-state index in [1.165, 1.54) is 10.9 Å². The molecule has 0 saturated carbocycles.